The number of primary amides is 1. The Bertz CT molecular complexity index is 1440. The van der Waals surface area contributed by atoms with Crippen molar-refractivity contribution in [3.63, 3.8) is 0 Å². The van der Waals surface area contributed by atoms with Crippen molar-refractivity contribution in [3.8, 4) is 0 Å². The van der Waals surface area contributed by atoms with E-state index in [0.29, 0.717) is 38.5 Å². The molecule has 1 heterocycles. The molecule has 11 nitrogen and oxygen atoms in total. The van der Waals surface area contributed by atoms with Crippen LogP contribution in [0.1, 0.15) is 128 Å². The number of amides is 3. The average molecular weight is 702 g/mol. The van der Waals surface area contributed by atoms with Gasteiger partial charge in [-0.05, 0) is 97.6 Å². The second-order valence-electron chi connectivity index (χ2n) is 16.7. The van der Waals surface area contributed by atoms with Gasteiger partial charge in [0.05, 0.1) is 11.0 Å². The second-order valence-corrected chi connectivity index (χ2v) is 16.7. The zero-order valence-electron chi connectivity index (χ0n) is 30.7. The van der Waals surface area contributed by atoms with Gasteiger partial charge in [0, 0.05) is 30.3 Å². The van der Waals surface area contributed by atoms with Crippen LogP contribution in [0.15, 0.2) is 18.2 Å². The molecule has 12 heteroatoms. The van der Waals surface area contributed by atoms with E-state index in [0.717, 1.165) is 19.3 Å². The number of carbonyl (C=O) groups is 5. The topological polar surface area (TPSA) is 165 Å². The molecular weight excluding hydrogens is 645 g/mol. The number of carboxylic acids is 1. The summed E-state index contributed by atoms with van der Waals surface area (Å²) in [5.74, 6) is -6.08. The van der Waals surface area contributed by atoms with E-state index >= 15 is 4.39 Å². The largest absolute Gasteiger partial charge is 0.478 e. The lowest BCUT2D eigenvalue weighted by atomic mass is 9.65. The van der Waals surface area contributed by atoms with Crippen molar-refractivity contribution in [3.05, 3.63) is 35.1 Å². The molecule has 2 saturated carbocycles. The third-order valence-corrected chi connectivity index (χ3v) is 11.0. The minimum atomic E-state index is -1.78. The summed E-state index contributed by atoms with van der Waals surface area (Å²) < 4.78 is 27.4. The first-order valence-electron chi connectivity index (χ1n) is 18.1. The molecule has 0 radical (unpaired) electrons. The number of hydrogen-bond donors (Lipinski definition) is 3. The zero-order valence-corrected chi connectivity index (χ0v) is 30.7. The Morgan fingerprint density at radius 1 is 1.00 bits per heavy atom. The molecular formula is C38H56FN3O8. The Morgan fingerprint density at radius 2 is 1.62 bits per heavy atom. The molecule has 1 aromatic carbocycles. The number of benzene rings is 1. The monoisotopic (exact) mass is 701 g/mol. The molecule has 0 spiro atoms. The van der Waals surface area contributed by atoms with Crippen LogP contribution in [0.25, 0.3) is 0 Å². The van der Waals surface area contributed by atoms with Crippen LogP contribution in [-0.2, 0) is 23.9 Å². The van der Waals surface area contributed by atoms with Gasteiger partial charge >= 0.3 is 18.0 Å². The number of nitrogens with zero attached hydrogens (tertiary/aromatic N) is 1. The molecule has 2 aliphatic carbocycles. The first kappa shape index (κ1) is 39.1. The van der Waals surface area contributed by atoms with Gasteiger partial charge in [0.2, 0.25) is 11.8 Å². The van der Waals surface area contributed by atoms with Crippen molar-refractivity contribution in [1.29, 1.82) is 0 Å². The molecule has 1 saturated heterocycles. The Kier molecular flexibility index (Phi) is 11.9. The third-order valence-electron chi connectivity index (χ3n) is 11.0. The van der Waals surface area contributed by atoms with Gasteiger partial charge < -0.3 is 30.5 Å². The molecule has 4 atom stereocenters. The quantitative estimate of drug-likeness (QED) is 0.257. The van der Waals surface area contributed by atoms with E-state index < -0.39 is 76.2 Å². The van der Waals surface area contributed by atoms with E-state index in [1.807, 2.05) is 6.92 Å². The molecule has 4 rings (SSSR count). The smallest absolute Gasteiger partial charge is 0.407 e. The summed E-state index contributed by atoms with van der Waals surface area (Å²) in [4.78, 5) is 67.8. The lowest BCUT2D eigenvalue weighted by Gasteiger charge is -2.45. The fraction of sp³-hybridized carbons (Fsp3) is 0.711. The number of nitrogens with two attached hydrogens (primary N) is 1. The predicted octanol–water partition coefficient (Wildman–Crippen LogP) is 6.18. The number of rotatable bonds is 9. The van der Waals surface area contributed by atoms with Gasteiger partial charge in [0.25, 0.3) is 0 Å². The van der Waals surface area contributed by atoms with E-state index in [-0.39, 0.29) is 35.9 Å². The highest BCUT2D eigenvalue weighted by Gasteiger charge is 2.63. The molecule has 278 valence electrons. The number of carboxylic acid groups (broad SMARTS) is 1. The van der Waals surface area contributed by atoms with Crippen molar-refractivity contribution in [2.45, 2.75) is 129 Å². The van der Waals surface area contributed by atoms with E-state index in [4.69, 9.17) is 15.2 Å². The van der Waals surface area contributed by atoms with Crippen molar-refractivity contribution in [2.24, 2.45) is 34.8 Å². The van der Waals surface area contributed by atoms with E-state index in [9.17, 15) is 29.1 Å². The molecule has 1 aliphatic heterocycles. The van der Waals surface area contributed by atoms with Gasteiger partial charge in [0.15, 0.2) is 5.54 Å². The number of alkyl carbamates (subject to hydrolysis) is 1. The van der Waals surface area contributed by atoms with Gasteiger partial charge in [0.1, 0.15) is 18.0 Å². The molecule has 0 bridgehead atoms. The SMILES string of the molecule is CC(NC(=O)OC(C)(C)C)[C@H]1CC[C@H](C(=O)N2CC(c3cccc(C(=O)O)c3F)[C@@H](C3CCCCC3)[C@@]2(COC(=O)C(C)(C)C)C(N)=O)CC1. The summed E-state index contributed by atoms with van der Waals surface area (Å²) in [6, 6.07) is 3.99. The number of aromatic carboxylic acids is 1. The van der Waals surface area contributed by atoms with Crippen molar-refractivity contribution < 1.29 is 42.9 Å². The highest BCUT2D eigenvalue weighted by molar-refractivity contribution is 5.93. The molecule has 0 aromatic heterocycles. The summed E-state index contributed by atoms with van der Waals surface area (Å²) in [7, 11) is 0. The summed E-state index contributed by atoms with van der Waals surface area (Å²) >= 11 is 0. The van der Waals surface area contributed by atoms with E-state index in [1.54, 1.807) is 41.5 Å². The van der Waals surface area contributed by atoms with Gasteiger partial charge in [-0.2, -0.15) is 0 Å². The van der Waals surface area contributed by atoms with Gasteiger partial charge in [-0.1, -0.05) is 44.2 Å². The summed E-state index contributed by atoms with van der Waals surface area (Å²) in [5, 5.41) is 12.7. The fourth-order valence-electron chi connectivity index (χ4n) is 8.41. The Balaban J connectivity index is 1.72. The summed E-state index contributed by atoms with van der Waals surface area (Å²) in [6.45, 7) is 11.8. The summed E-state index contributed by atoms with van der Waals surface area (Å²) in [6.07, 6.45) is 5.88. The molecule has 3 fully saturated rings. The van der Waals surface area contributed by atoms with E-state index in [2.05, 4.69) is 5.32 Å². The standard InChI is InChI=1S/C38H56FN3O8/c1-22(41-35(48)50-37(5,6)7)23-16-18-25(19-17-23)31(43)42-20-28(26-14-11-15-27(30(26)39)32(44)45)29(24-12-9-8-10-13-24)38(42,33(40)46)21-49-34(47)36(2,3)4/h11,14-15,22-25,28-29H,8-10,12-13,16-21H2,1-7H3,(H2,40,46)(H,41,48)(H,44,45)/t22?,23-,25-,28?,29-,38+/m1/s1. The summed E-state index contributed by atoms with van der Waals surface area (Å²) in [5.41, 5.74) is 2.62. The number of hydrogen-bond acceptors (Lipinski definition) is 7. The molecule has 2 unspecified atom stereocenters. The second kappa shape index (κ2) is 15.3. The molecule has 3 aliphatic rings. The van der Waals surface area contributed by atoms with Crippen LogP contribution in [0.3, 0.4) is 0 Å². The van der Waals surface area contributed by atoms with Crippen LogP contribution >= 0.6 is 0 Å². The Labute approximate surface area is 295 Å². The average Bonchev–Trinajstić information content (AvgIpc) is 3.38. The molecule has 3 amide bonds. The number of ether oxygens (including phenoxy) is 2. The molecule has 4 N–H and O–H groups in total. The molecule has 1 aromatic rings. The van der Waals surface area contributed by atoms with Gasteiger partial charge in [-0.25, -0.2) is 14.0 Å². The minimum absolute atomic E-state index is 0.0769. The number of nitrogens with one attached hydrogen (secondary N) is 1. The van der Waals surface area contributed by atoms with Crippen molar-refractivity contribution in [2.75, 3.05) is 13.2 Å². The highest BCUT2D eigenvalue weighted by Crippen LogP contribution is 2.53. The van der Waals surface area contributed by atoms with Crippen LogP contribution < -0.4 is 11.1 Å². The maximum absolute atomic E-state index is 16.1. The molecule has 50 heavy (non-hydrogen) atoms. The first-order chi connectivity index (χ1) is 23.3. The number of esters is 1. The normalized spacial score (nSPS) is 26.9. The van der Waals surface area contributed by atoms with Crippen LogP contribution in [0.4, 0.5) is 9.18 Å². The van der Waals surface area contributed by atoms with Crippen LogP contribution in [0.5, 0.6) is 0 Å². The van der Waals surface area contributed by atoms with Crippen LogP contribution in [0, 0.1) is 34.9 Å². The minimum Gasteiger partial charge on any atom is -0.478 e. The fourth-order valence-corrected chi connectivity index (χ4v) is 8.41. The van der Waals surface area contributed by atoms with Crippen molar-refractivity contribution in [1.82, 2.24) is 10.2 Å². The van der Waals surface area contributed by atoms with Crippen LogP contribution in [0.2, 0.25) is 0 Å². The van der Waals surface area contributed by atoms with E-state index in [1.165, 1.54) is 23.1 Å². The maximum Gasteiger partial charge on any atom is 0.407 e. The zero-order chi connectivity index (χ0) is 37.2. The van der Waals surface area contributed by atoms with Gasteiger partial charge in [-0.3, -0.25) is 14.4 Å². The number of likely N-dealkylation sites (tertiary alicyclic amines) is 1. The third kappa shape index (κ3) is 8.42. The maximum atomic E-state index is 16.1. The number of carbonyl (C=O) groups excluding carboxylic acids is 4. The number of halogens is 1. The van der Waals surface area contributed by atoms with Crippen molar-refractivity contribution >= 4 is 29.8 Å². The lowest BCUT2D eigenvalue weighted by Crippen LogP contribution is -2.64. The van der Waals surface area contributed by atoms with Gasteiger partial charge in [-0.15, -0.1) is 0 Å². The lowest BCUT2D eigenvalue weighted by molar-refractivity contribution is -0.166. The highest BCUT2D eigenvalue weighted by atomic mass is 19.1. The van der Waals surface area contributed by atoms with Crippen LogP contribution in [-0.4, -0.2) is 70.2 Å². The Hall–Kier alpha value is -3.70. The Morgan fingerprint density at radius 3 is 2.16 bits per heavy atom. The first-order valence-corrected chi connectivity index (χ1v) is 18.1. The predicted molar refractivity (Wildman–Crippen MR) is 184 cm³/mol.